The highest BCUT2D eigenvalue weighted by Gasteiger charge is 2.10. The number of rotatable bonds is 6. The summed E-state index contributed by atoms with van der Waals surface area (Å²) in [5.74, 6) is 0.187. The first-order valence-corrected chi connectivity index (χ1v) is 7.70. The molecule has 2 rings (SSSR count). The van der Waals surface area contributed by atoms with Crippen LogP contribution in [0.5, 0.6) is 0 Å². The van der Waals surface area contributed by atoms with Crippen molar-refractivity contribution in [2.24, 2.45) is 0 Å². The van der Waals surface area contributed by atoms with Gasteiger partial charge in [-0.3, -0.25) is 4.79 Å². The second kappa shape index (κ2) is 8.10. The third-order valence-corrected chi connectivity index (χ3v) is 3.59. The van der Waals surface area contributed by atoms with Crippen molar-refractivity contribution in [3.8, 4) is 0 Å². The summed E-state index contributed by atoms with van der Waals surface area (Å²) in [4.78, 5) is 13.9. The third-order valence-electron chi connectivity index (χ3n) is 2.96. The van der Waals surface area contributed by atoms with E-state index in [0.717, 1.165) is 6.54 Å². The van der Waals surface area contributed by atoms with Crippen molar-refractivity contribution in [1.29, 1.82) is 0 Å². The van der Waals surface area contributed by atoms with Gasteiger partial charge in [-0.15, -0.1) is 10.2 Å². The summed E-state index contributed by atoms with van der Waals surface area (Å²) in [5, 5.41) is 14.6. The normalized spacial score (nSPS) is 10.7. The van der Waals surface area contributed by atoms with E-state index in [-0.39, 0.29) is 11.6 Å². The zero-order valence-electron chi connectivity index (χ0n) is 12.8. The Kier molecular flexibility index (Phi) is 6.15. The number of hydrogen-bond acceptors (Lipinski definition) is 5. The molecule has 0 unspecified atom stereocenters. The van der Waals surface area contributed by atoms with Crippen LogP contribution in [0.4, 0.5) is 11.5 Å². The monoisotopic (exact) mass is 353 g/mol. The number of nitrogens with zero attached hydrogens (tertiary/aromatic N) is 3. The molecule has 23 heavy (non-hydrogen) atoms. The summed E-state index contributed by atoms with van der Waals surface area (Å²) in [6.45, 7) is 1.30. The Bertz CT molecular complexity index is 656. The number of carbonyl (C=O) groups excluding carboxylic acids is 1. The van der Waals surface area contributed by atoms with Gasteiger partial charge in [-0.05, 0) is 38.4 Å². The van der Waals surface area contributed by atoms with Gasteiger partial charge in [0.25, 0.3) is 5.91 Å². The molecular weight excluding hydrogens is 337 g/mol. The van der Waals surface area contributed by atoms with Gasteiger partial charge in [0, 0.05) is 13.1 Å². The molecule has 6 nitrogen and oxygen atoms in total. The number of para-hydroxylation sites is 1. The number of benzene rings is 1. The summed E-state index contributed by atoms with van der Waals surface area (Å²) >= 11 is 12.2. The van der Waals surface area contributed by atoms with Crippen LogP contribution < -0.4 is 10.6 Å². The van der Waals surface area contributed by atoms with Gasteiger partial charge in [0.15, 0.2) is 11.5 Å². The van der Waals surface area contributed by atoms with Crippen LogP contribution in [0.2, 0.25) is 10.0 Å². The summed E-state index contributed by atoms with van der Waals surface area (Å²) in [5.41, 5.74) is 0.799. The molecular formula is C15H17Cl2N5O. The summed E-state index contributed by atoms with van der Waals surface area (Å²) in [6.07, 6.45) is 0. The molecule has 1 aromatic carbocycles. The molecule has 0 saturated carbocycles. The number of likely N-dealkylation sites (N-methyl/N-ethyl adjacent to an activating group) is 1. The number of anilines is 2. The molecule has 0 bridgehead atoms. The van der Waals surface area contributed by atoms with Crippen molar-refractivity contribution >= 4 is 40.6 Å². The molecule has 8 heteroatoms. The van der Waals surface area contributed by atoms with E-state index in [4.69, 9.17) is 23.2 Å². The standard InChI is InChI=1S/C15H17Cl2N5O/c1-22(2)9-8-18-15(23)12-6-7-13(21-20-12)19-14-10(16)4-3-5-11(14)17/h3-7H,8-9H2,1-2H3,(H,18,23)(H,19,21). The minimum atomic E-state index is -0.262. The highest BCUT2D eigenvalue weighted by atomic mass is 35.5. The fourth-order valence-corrected chi connectivity index (χ4v) is 2.24. The van der Waals surface area contributed by atoms with Crippen LogP contribution in [-0.2, 0) is 0 Å². The van der Waals surface area contributed by atoms with Gasteiger partial charge in [0.05, 0.1) is 15.7 Å². The van der Waals surface area contributed by atoms with Crippen LogP contribution in [-0.4, -0.2) is 48.2 Å². The first-order chi connectivity index (χ1) is 11.0. The lowest BCUT2D eigenvalue weighted by Gasteiger charge is -2.11. The van der Waals surface area contributed by atoms with Gasteiger partial charge in [-0.1, -0.05) is 29.3 Å². The quantitative estimate of drug-likeness (QED) is 0.835. The number of nitrogens with one attached hydrogen (secondary N) is 2. The van der Waals surface area contributed by atoms with Crippen molar-refractivity contribution < 1.29 is 4.79 Å². The molecule has 0 aliphatic rings. The van der Waals surface area contributed by atoms with Gasteiger partial charge >= 0.3 is 0 Å². The molecule has 0 saturated heterocycles. The van der Waals surface area contributed by atoms with E-state index in [9.17, 15) is 4.79 Å². The van der Waals surface area contributed by atoms with E-state index < -0.39 is 0 Å². The molecule has 122 valence electrons. The number of amides is 1. The summed E-state index contributed by atoms with van der Waals surface area (Å²) in [6, 6.07) is 8.42. The predicted molar refractivity (Wildman–Crippen MR) is 92.7 cm³/mol. The highest BCUT2D eigenvalue weighted by molar-refractivity contribution is 6.39. The molecule has 0 radical (unpaired) electrons. The van der Waals surface area contributed by atoms with E-state index >= 15 is 0 Å². The minimum Gasteiger partial charge on any atom is -0.349 e. The maximum Gasteiger partial charge on any atom is 0.271 e. The van der Waals surface area contributed by atoms with Crippen LogP contribution in [0.15, 0.2) is 30.3 Å². The van der Waals surface area contributed by atoms with Crippen LogP contribution in [0, 0.1) is 0 Å². The molecule has 0 aliphatic carbocycles. The van der Waals surface area contributed by atoms with Gasteiger partial charge in [-0.25, -0.2) is 0 Å². The fraction of sp³-hybridized carbons (Fsp3) is 0.267. The Morgan fingerprint density at radius 2 is 1.83 bits per heavy atom. The van der Waals surface area contributed by atoms with E-state index in [2.05, 4.69) is 20.8 Å². The Hall–Kier alpha value is -1.89. The maximum atomic E-state index is 11.9. The van der Waals surface area contributed by atoms with Gasteiger partial charge in [0.1, 0.15) is 0 Å². The van der Waals surface area contributed by atoms with Crippen LogP contribution in [0.1, 0.15) is 10.5 Å². The molecule has 0 fully saturated rings. The molecule has 2 N–H and O–H groups in total. The summed E-state index contributed by atoms with van der Waals surface area (Å²) < 4.78 is 0. The third kappa shape index (κ3) is 5.06. The highest BCUT2D eigenvalue weighted by Crippen LogP contribution is 2.31. The van der Waals surface area contributed by atoms with Crippen molar-refractivity contribution in [2.75, 3.05) is 32.5 Å². The lowest BCUT2D eigenvalue weighted by atomic mass is 10.3. The van der Waals surface area contributed by atoms with Crippen molar-refractivity contribution in [1.82, 2.24) is 20.4 Å². The fourth-order valence-electron chi connectivity index (χ4n) is 1.75. The number of aromatic nitrogens is 2. The van der Waals surface area contributed by atoms with E-state index in [1.54, 1.807) is 30.3 Å². The van der Waals surface area contributed by atoms with Crippen LogP contribution >= 0.6 is 23.2 Å². The Balaban J connectivity index is 2.01. The second-order valence-corrected chi connectivity index (χ2v) is 5.90. The first-order valence-electron chi connectivity index (χ1n) is 6.95. The van der Waals surface area contributed by atoms with E-state index in [1.807, 2.05) is 19.0 Å². The van der Waals surface area contributed by atoms with Crippen LogP contribution in [0.3, 0.4) is 0 Å². The lowest BCUT2D eigenvalue weighted by Crippen LogP contribution is -2.31. The largest absolute Gasteiger partial charge is 0.349 e. The summed E-state index contributed by atoms with van der Waals surface area (Å²) in [7, 11) is 3.87. The van der Waals surface area contributed by atoms with Gasteiger partial charge < -0.3 is 15.5 Å². The molecule has 0 atom stereocenters. The average molecular weight is 354 g/mol. The topological polar surface area (TPSA) is 70.2 Å². The molecule has 0 spiro atoms. The van der Waals surface area contributed by atoms with Crippen LogP contribution in [0.25, 0.3) is 0 Å². The minimum absolute atomic E-state index is 0.250. The second-order valence-electron chi connectivity index (χ2n) is 5.08. The smallest absolute Gasteiger partial charge is 0.271 e. The SMILES string of the molecule is CN(C)CCNC(=O)c1ccc(Nc2c(Cl)cccc2Cl)nn1. The predicted octanol–water partition coefficient (Wildman–Crippen LogP) is 2.82. The van der Waals surface area contributed by atoms with Gasteiger partial charge in [0.2, 0.25) is 0 Å². The molecule has 1 amide bonds. The number of carbonyl (C=O) groups is 1. The Morgan fingerprint density at radius 1 is 1.13 bits per heavy atom. The van der Waals surface area contributed by atoms with E-state index in [1.165, 1.54) is 0 Å². The van der Waals surface area contributed by atoms with Crippen molar-refractivity contribution in [2.45, 2.75) is 0 Å². The van der Waals surface area contributed by atoms with Gasteiger partial charge in [-0.2, -0.15) is 0 Å². The van der Waals surface area contributed by atoms with Crippen molar-refractivity contribution in [3.05, 3.63) is 46.1 Å². The Labute approximate surface area is 144 Å². The maximum absolute atomic E-state index is 11.9. The van der Waals surface area contributed by atoms with Crippen molar-refractivity contribution in [3.63, 3.8) is 0 Å². The molecule has 1 heterocycles. The zero-order chi connectivity index (χ0) is 16.8. The molecule has 0 aliphatic heterocycles. The zero-order valence-corrected chi connectivity index (χ0v) is 14.3. The number of halogens is 2. The number of hydrogen-bond donors (Lipinski definition) is 2. The first kappa shape index (κ1) is 17.5. The molecule has 1 aromatic heterocycles. The van der Waals surface area contributed by atoms with E-state index in [0.29, 0.717) is 28.1 Å². The molecule has 2 aromatic rings. The Morgan fingerprint density at radius 3 is 2.39 bits per heavy atom. The average Bonchev–Trinajstić information content (AvgIpc) is 2.51. The lowest BCUT2D eigenvalue weighted by molar-refractivity contribution is 0.0945.